The highest BCUT2D eigenvalue weighted by molar-refractivity contribution is 8.13. The van der Waals surface area contributed by atoms with E-state index in [0.29, 0.717) is 5.92 Å². The molecule has 0 spiro atoms. The van der Waals surface area contributed by atoms with Gasteiger partial charge in [0.1, 0.15) is 10.7 Å². The zero-order valence-electron chi connectivity index (χ0n) is 11.4. The molecule has 8 heteroatoms. The summed E-state index contributed by atoms with van der Waals surface area (Å²) in [6, 6.07) is 1.63. The second-order valence-corrected chi connectivity index (χ2v) is 8.59. The Labute approximate surface area is 132 Å². The Morgan fingerprint density at radius 2 is 1.95 bits per heavy atom. The molecule has 21 heavy (non-hydrogen) atoms. The lowest BCUT2D eigenvalue weighted by atomic mass is 9.98. The minimum Gasteiger partial charge on any atom is -0.347 e. The van der Waals surface area contributed by atoms with Gasteiger partial charge in [0.05, 0.1) is 10.6 Å². The molecule has 116 valence electrons. The van der Waals surface area contributed by atoms with E-state index in [0.717, 1.165) is 25.0 Å². The van der Waals surface area contributed by atoms with Crippen LogP contribution in [-0.4, -0.2) is 19.9 Å². The van der Waals surface area contributed by atoms with Gasteiger partial charge in [-0.3, -0.25) is 4.79 Å². The predicted molar refractivity (Wildman–Crippen MR) is 78.7 cm³/mol. The third-order valence-corrected chi connectivity index (χ3v) is 5.35. The van der Waals surface area contributed by atoms with Gasteiger partial charge in [-0.25, -0.2) is 12.8 Å². The summed E-state index contributed by atoms with van der Waals surface area (Å²) in [6.07, 6.45) is 2.00. The molecule has 4 nitrogen and oxygen atoms in total. The maximum Gasteiger partial charge on any atom is 0.262 e. The van der Waals surface area contributed by atoms with Crippen LogP contribution >= 0.6 is 22.3 Å². The van der Waals surface area contributed by atoms with E-state index in [4.69, 9.17) is 22.3 Å². The summed E-state index contributed by atoms with van der Waals surface area (Å²) in [6.45, 7) is 3.69. The molecule has 0 unspecified atom stereocenters. The molecule has 1 fully saturated rings. The Morgan fingerprint density at radius 3 is 2.43 bits per heavy atom. The number of hydrogen-bond acceptors (Lipinski definition) is 3. The summed E-state index contributed by atoms with van der Waals surface area (Å²) >= 11 is 5.65. The largest absolute Gasteiger partial charge is 0.347 e. The van der Waals surface area contributed by atoms with Crippen LogP contribution in [0, 0.1) is 11.7 Å². The van der Waals surface area contributed by atoms with Crippen molar-refractivity contribution in [3.8, 4) is 0 Å². The van der Waals surface area contributed by atoms with Gasteiger partial charge in [-0.15, -0.1) is 0 Å². The molecule has 0 radical (unpaired) electrons. The number of benzene rings is 1. The molecule has 1 aliphatic carbocycles. The minimum atomic E-state index is -4.16. The number of rotatable bonds is 4. The van der Waals surface area contributed by atoms with E-state index in [-0.39, 0.29) is 5.02 Å². The predicted octanol–water partition coefficient (Wildman–Crippen LogP) is 3.33. The summed E-state index contributed by atoms with van der Waals surface area (Å²) in [5.74, 6) is -1.25. The molecule has 1 saturated carbocycles. The van der Waals surface area contributed by atoms with E-state index in [9.17, 15) is 17.6 Å². The third-order valence-electron chi connectivity index (χ3n) is 3.56. The van der Waals surface area contributed by atoms with E-state index in [2.05, 4.69) is 5.32 Å². The van der Waals surface area contributed by atoms with Crippen molar-refractivity contribution in [2.24, 2.45) is 5.92 Å². The quantitative estimate of drug-likeness (QED) is 0.844. The molecule has 0 bridgehead atoms. The molecule has 0 atom stereocenters. The van der Waals surface area contributed by atoms with Gasteiger partial charge in [-0.2, -0.15) is 0 Å². The van der Waals surface area contributed by atoms with Crippen LogP contribution in [0.3, 0.4) is 0 Å². The molecule has 0 heterocycles. The first kappa shape index (κ1) is 16.5. The SMILES string of the molecule is CC(C)(NC(=O)c1cc(S(=O)(=O)Cl)c(Cl)cc1F)C1CC1. The van der Waals surface area contributed by atoms with Crippen molar-refractivity contribution in [1.82, 2.24) is 5.32 Å². The maximum atomic E-state index is 13.9. The number of amides is 1. The zero-order chi connectivity index (χ0) is 16.0. The number of carbonyl (C=O) groups is 1. The highest BCUT2D eigenvalue weighted by atomic mass is 35.7. The average molecular weight is 354 g/mol. The van der Waals surface area contributed by atoms with Gasteiger partial charge in [-0.05, 0) is 44.7 Å². The van der Waals surface area contributed by atoms with Crippen LogP contribution in [0.1, 0.15) is 37.0 Å². The lowest BCUT2D eigenvalue weighted by Gasteiger charge is -2.26. The van der Waals surface area contributed by atoms with Crippen LogP contribution in [-0.2, 0) is 9.05 Å². The van der Waals surface area contributed by atoms with Crippen LogP contribution in [0.4, 0.5) is 4.39 Å². The van der Waals surface area contributed by atoms with E-state index in [1.807, 2.05) is 13.8 Å². The smallest absolute Gasteiger partial charge is 0.262 e. The van der Waals surface area contributed by atoms with Gasteiger partial charge in [0, 0.05) is 16.2 Å². The van der Waals surface area contributed by atoms with Crippen LogP contribution in [0.15, 0.2) is 17.0 Å². The minimum absolute atomic E-state index is 0.341. The van der Waals surface area contributed by atoms with Gasteiger partial charge in [0.25, 0.3) is 15.0 Å². The van der Waals surface area contributed by atoms with Gasteiger partial charge in [0.15, 0.2) is 0 Å². The normalized spacial score (nSPS) is 15.9. The second kappa shape index (κ2) is 5.41. The van der Waals surface area contributed by atoms with Gasteiger partial charge < -0.3 is 5.32 Å². The van der Waals surface area contributed by atoms with Crippen molar-refractivity contribution >= 4 is 37.2 Å². The maximum absolute atomic E-state index is 13.9. The van der Waals surface area contributed by atoms with Gasteiger partial charge in [-0.1, -0.05) is 11.6 Å². The van der Waals surface area contributed by atoms with E-state index in [1.54, 1.807) is 0 Å². The fourth-order valence-corrected chi connectivity index (χ4v) is 3.66. The van der Waals surface area contributed by atoms with Crippen molar-refractivity contribution in [1.29, 1.82) is 0 Å². The Bertz CT molecular complexity index is 700. The molecule has 2 rings (SSSR count). The highest BCUT2D eigenvalue weighted by Crippen LogP contribution is 2.39. The summed E-state index contributed by atoms with van der Waals surface area (Å²) in [7, 11) is 1.06. The number of hydrogen-bond donors (Lipinski definition) is 1. The Morgan fingerprint density at radius 1 is 1.38 bits per heavy atom. The first-order valence-corrected chi connectivity index (χ1v) is 8.97. The monoisotopic (exact) mass is 353 g/mol. The summed E-state index contributed by atoms with van der Waals surface area (Å²) in [5.41, 5.74) is -0.879. The van der Waals surface area contributed by atoms with E-state index in [1.165, 1.54) is 0 Å². The van der Waals surface area contributed by atoms with Crippen molar-refractivity contribution in [2.75, 3.05) is 0 Å². The molecule has 1 aromatic rings. The summed E-state index contributed by atoms with van der Waals surface area (Å²) in [4.78, 5) is 11.7. The van der Waals surface area contributed by atoms with Crippen LogP contribution < -0.4 is 5.32 Å². The van der Waals surface area contributed by atoms with E-state index < -0.39 is 36.8 Å². The molecule has 1 aromatic carbocycles. The molecule has 0 aliphatic heterocycles. The Hall–Kier alpha value is -0.850. The van der Waals surface area contributed by atoms with Crippen molar-refractivity contribution in [3.05, 3.63) is 28.5 Å². The van der Waals surface area contributed by atoms with Gasteiger partial charge >= 0.3 is 0 Å². The van der Waals surface area contributed by atoms with Crippen LogP contribution in [0.25, 0.3) is 0 Å². The first-order chi connectivity index (χ1) is 9.52. The lowest BCUT2D eigenvalue weighted by molar-refractivity contribution is 0.0899. The number of nitrogens with one attached hydrogen (secondary N) is 1. The molecule has 1 amide bonds. The molecule has 0 saturated heterocycles. The number of halogens is 3. The molecule has 0 aromatic heterocycles. The fraction of sp³-hybridized carbons (Fsp3) is 0.462. The molecule has 1 aliphatic rings. The van der Waals surface area contributed by atoms with E-state index >= 15 is 0 Å². The fourth-order valence-electron chi connectivity index (χ4n) is 2.16. The standard InChI is InChI=1S/C13H14Cl2FNO3S/c1-13(2,7-3-4-7)17-12(18)8-5-11(21(15,19)20)9(14)6-10(8)16/h5-7H,3-4H2,1-2H3,(H,17,18). The zero-order valence-corrected chi connectivity index (χ0v) is 13.7. The first-order valence-electron chi connectivity index (χ1n) is 6.28. The average Bonchev–Trinajstić information content (AvgIpc) is 3.09. The second-order valence-electron chi connectivity index (χ2n) is 5.65. The summed E-state index contributed by atoms with van der Waals surface area (Å²) in [5, 5.41) is 2.35. The topological polar surface area (TPSA) is 63.2 Å². The van der Waals surface area contributed by atoms with Crippen molar-refractivity contribution in [2.45, 2.75) is 37.1 Å². The van der Waals surface area contributed by atoms with Crippen LogP contribution in [0.5, 0.6) is 0 Å². The Kier molecular flexibility index (Phi) is 4.26. The van der Waals surface area contributed by atoms with Crippen molar-refractivity contribution in [3.63, 3.8) is 0 Å². The van der Waals surface area contributed by atoms with Crippen molar-refractivity contribution < 1.29 is 17.6 Å². The molecular weight excluding hydrogens is 340 g/mol. The van der Waals surface area contributed by atoms with Gasteiger partial charge in [0.2, 0.25) is 0 Å². The third kappa shape index (κ3) is 3.67. The highest BCUT2D eigenvalue weighted by Gasteiger charge is 2.39. The van der Waals surface area contributed by atoms with Crippen LogP contribution in [0.2, 0.25) is 5.02 Å². The Balaban J connectivity index is 2.37. The number of carbonyl (C=O) groups excluding carboxylic acids is 1. The summed E-state index contributed by atoms with van der Waals surface area (Å²) < 4.78 is 36.6. The molecular formula is C13H14Cl2FNO3S. The lowest BCUT2D eigenvalue weighted by Crippen LogP contribution is -2.45. The molecule has 1 N–H and O–H groups in total.